The van der Waals surface area contributed by atoms with Crippen LogP contribution in [0.4, 0.5) is 0 Å². The standard InChI is InChI=1S/C26H34N2.ClH/c1-6-22-11-12-23-9-7-8-10-25(23)26(22)24(19-27)15-18-28(16-13-20(2)3)17-14-21(4)5;/h7-14,24H,6,15-18H2,1-5H3;1H. The molecule has 2 aromatic carbocycles. The Balaban J connectivity index is 0.00000420. The lowest BCUT2D eigenvalue weighted by molar-refractivity contribution is 0.324. The summed E-state index contributed by atoms with van der Waals surface area (Å²) in [5.41, 5.74) is 5.19. The molecule has 0 aliphatic rings. The average molecular weight is 411 g/mol. The van der Waals surface area contributed by atoms with E-state index in [1.165, 1.54) is 33.0 Å². The van der Waals surface area contributed by atoms with Crippen LogP contribution in [0.3, 0.4) is 0 Å². The third-order valence-electron chi connectivity index (χ3n) is 5.20. The molecule has 0 fully saturated rings. The summed E-state index contributed by atoms with van der Waals surface area (Å²) >= 11 is 0. The SMILES string of the molecule is CCc1ccc2ccccc2c1C(C#N)CCN(CC=C(C)C)CC=C(C)C.Cl. The van der Waals surface area contributed by atoms with E-state index in [4.69, 9.17) is 0 Å². The van der Waals surface area contributed by atoms with E-state index in [-0.39, 0.29) is 18.3 Å². The zero-order valence-corrected chi connectivity index (χ0v) is 19.4. The van der Waals surface area contributed by atoms with Crippen LogP contribution in [-0.4, -0.2) is 24.5 Å². The Hall–Kier alpha value is -2.08. The normalized spacial score (nSPS) is 11.5. The molecule has 0 aromatic heterocycles. The Bertz CT molecular complexity index is 861. The first kappa shape index (κ1) is 25.0. The molecule has 2 aromatic rings. The van der Waals surface area contributed by atoms with E-state index in [9.17, 15) is 5.26 Å². The molecular weight excluding hydrogens is 376 g/mol. The Kier molecular flexibility index (Phi) is 10.7. The third-order valence-corrected chi connectivity index (χ3v) is 5.20. The maximum absolute atomic E-state index is 10.0. The van der Waals surface area contributed by atoms with E-state index >= 15 is 0 Å². The first-order chi connectivity index (χ1) is 13.5. The van der Waals surface area contributed by atoms with E-state index in [1.807, 2.05) is 0 Å². The molecule has 156 valence electrons. The predicted molar refractivity (Wildman–Crippen MR) is 129 cm³/mol. The quantitative estimate of drug-likeness (QED) is 0.414. The molecule has 29 heavy (non-hydrogen) atoms. The summed E-state index contributed by atoms with van der Waals surface area (Å²) in [6.07, 6.45) is 6.35. The highest BCUT2D eigenvalue weighted by Gasteiger charge is 2.18. The molecule has 1 atom stereocenters. The summed E-state index contributed by atoms with van der Waals surface area (Å²) in [5.74, 6) is -0.0815. The Morgan fingerprint density at radius 3 is 2.17 bits per heavy atom. The van der Waals surface area contributed by atoms with E-state index in [0.29, 0.717) is 0 Å². The number of rotatable bonds is 9. The molecule has 0 saturated heterocycles. The molecule has 0 amide bonds. The van der Waals surface area contributed by atoms with Gasteiger partial charge >= 0.3 is 0 Å². The molecule has 0 saturated carbocycles. The van der Waals surface area contributed by atoms with Gasteiger partial charge in [0.05, 0.1) is 12.0 Å². The fourth-order valence-electron chi connectivity index (χ4n) is 3.53. The van der Waals surface area contributed by atoms with Gasteiger partial charge in [0.2, 0.25) is 0 Å². The van der Waals surface area contributed by atoms with Crippen LogP contribution in [0.1, 0.15) is 58.1 Å². The molecular formula is C26H35ClN2. The zero-order valence-electron chi connectivity index (χ0n) is 18.5. The van der Waals surface area contributed by atoms with Gasteiger partial charge in [0.15, 0.2) is 0 Å². The molecule has 0 heterocycles. The maximum Gasteiger partial charge on any atom is 0.0733 e. The van der Waals surface area contributed by atoms with Gasteiger partial charge < -0.3 is 0 Å². The lowest BCUT2D eigenvalue weighted by atomic mass is 9.87. The van der Waals surface area contributed by atoms with Crippen molar-refractivity contribution in [2.24, 2.45) is 0 Å². The molecule has 1 unspecified atom stereocenters. The Morgan fingerprint density at radius 1 is 1.00 bits per heavy atom. The summed E-state index contributed by atoms with van der Waals surface area (Å²) in [6.45, 7) is 13.5. The van der Waals surface area contributed by atoms with Gasteiger partial charge in [-0.15, -0.1) is 12.4 Å². The molecule has 0 N–H and O–H groups in total. The van der Waals surface area contributed by atoms with Gasteiger partial charge in [-0.05, 0) is 62.4 Å². The largest absolute Gasteiger partial charge is 0.296 e. The highest BCUT2D eigenvalue weighted by atomic mass is 35.5. The van der Waals surface area contributed by atoms with Crippen molar-refractivity contribution >= 4 is 23.2 Å². The first-order valence-corrected chi connectivity index (χ1v) is 10.4. The van der Waals surface area contributed by atoms with Crippen molar-refractivity contribution < 1.29 is 0 Å². The molecule has 0 aliphatic heterocycles. The van der Waals surface area contributed by atoms with Gasteiger partial charge in [0, 0.05) is 19.6 Å². The second-order valence-electron chi connectivity index (χ2n) is 8.01. The lowest BCUT2D eigenvalue weighted by Gasteiger charge is -2.23. The van der Waals surface area contributed by atoms with Crippen LogP contribution >= 0.6 is 12.4 Å². The van der Waals surface area contributed by atoms with Crippen molar-refractivity contribution in [3.05, 3.63) is 70.8 Å². The van der Waals surface area contributed by atoms with Gasteiger partial charge in [0.1, 0.15) is 0 Å². The zero-order chi connectivity index (χ0) is 20.5. The van der Waals surface area contributed by atoms with Crippen molar-refractivity contribution in [1.82, 2.24) is 4.90 Å². The van der Waals surface area contributed by atoms with E-state index < -0.39 is 0 Å². The van der Waals surface area contributed by atoms with Crippen LogP contribution < -0.4 is 0 Å². The number of benzene rings is 2. The van der Waals surface area contributed by atoms with Crippen LogP contribution in [-0.2, 0) is 6.42 Å². The van der Waals surface area contributed by atoms with E-state index in [1.54, 1.807) is 0 Å². The van der Waals surface area contributed by atoms with E-state index in [0.717, 1.165) is 32.5 Å². The number of halogens is 1. The minimum Gasteiger partial charge on any atom is -0.296 e. The summed E-state index contributed by atoms with van der Waals surface area (Å²) in [7, 11) is 0. The van der Waals surface area contributed by atoms with Crippen LogP contribution in [0.25, 0.3) is 10.8 Å². The van der Waals surface area contributed by atoms with Gasteiger partial charge in [0.25, 0.3) is 0 Å². The average Bonchev–Trinajstić information content (AvgIpc) is 2.69. The van der Waals surface area contributed by atoms with Gasteiger partial charge in [-0.3, -0.25) is 4.90 Å². The maximum atomic E-state index is 10.0. The van der Waals surface area contributed by atoms with E-state index in [2.05, 4.69) is 94.1 Å². The second-order valence-corrected chi connectivity index (χ2v) is 8.01. The molecule has 0 radical (unpaired) electrons. The summed E-state index contributed by atoms with van der Waals surface area (Å²) in [6, 6.07) is 15.5. The Morgan fingerprint density at radius 2 is 1.62 bits per heavy atom. The van der Waals surface area contributed by atoms with Crippen molar-refractivity contribution in [3.8, 4) is 6.07 Å². The fraction of sp³-hybridized carbons (Fsp3) is 0.423. The topological polar surface area (TPSA) is 27.0 Å². The predicted octanol–water partition coefficient (Wildman–Crippen LogP) is 7.06. The van der Waals surface area contributed by atoms with Crippen LogP contribution in [0.2, 0.25) is 0 Å². The fourth-order valence-corrected chi connectivity index (χ4v) is 3.53. The highest BCUT2D eigenvalue weighted by Crippen LogP contribution is 2.31. The summed E-state index contributed by atoms with van der Waals surface area (Å²) < 4.78 is 0. The number of allylic oxidation sites excluding steroid dienone is 2. The molecule has 3 heteroatoms. The van der Waals surface area contributed by atoms with Gasteiger partial charge in [-0.1, -0.05) is 66.6 Å². The number of nitrogens with zero attached hydrogens (tertiary/aromatic N) is 2. The van der Waals surface area contributed by atoms with Crippen molar-refractivity contribution in [2.75, 3.05) is 19.6 Å². The molecule has 2 nitrogen and oxygen atoms in total. The monoisotopic (exact) mass is 410 g/mol. The second kappa shape index (κ2) is 12.5. The summed E-state index contributed by atoms with van der Waals surface area (Å²) in [4.78, 5) is 2.43. The van der Waals surface area contributed by atoms with Gasteiger partial charge in [-0.2, -0.15) is 5.26 Å². The van der Waals surface area contributed by atoms with Crippen molar-refractivity contribution in [1.29, 1.82) is 5.26 Å². The van der Waals surface area contributed by atoms with Crippen molar-refractivity contribution in [3.63, 3.8) is 0 Å². The molecule has 2 rings (SSSR count). The van der Waals surface area contributed by atoms with Crippen LogP contribution in [0.15, 0.2) is 59.7 Å². The number of fused-ring (bicyclic) bond motifs is 1. The molecule has 0 spiro atoms. The third kappa shape index (κ3) is 7.35. The smallest absolute Gasteiger partial charge is 0.0733 e. The van der Waals surface area contributed by atoms with Crippen LogP contribution in [0.5, 0.6) is 0 Å². The number of aryl methyl sites for hydroxylation is 1. The first-order valence-electron chi connectivity index (χ1n) is 10.4. The minimum atomic E-state index is -0.0815. The van der Waals surface area contributed by atoms with Crippen LogP contribution in [0, 0.1) is 11.3 Å². The minimum absolute atomic E-state index is 0. The van der Waals surface area contributed by atoms with Crippen molar-refractivity contribution in [2.45, 2.75) is 53.4 Å². The Labute approximate surface area is 183 Å². The summed E-state index contributed by atoms with van der Waals surface area (Å²) in [5, 5.41) is 12.5. The molecule has 0 bridgehead atoms. The molecule has 0 aliphatic carbocycles. The number of hydrogen-bond acceptors (Lipinski definition) is 2. The van der Waals surface area contributed by atoms with Gasteiger partial charge in [-0.25, -0.2) is 0 Å². The number of hydrogen-bond donors (Lipinski definition) is 0. The highest BCUT2D eigenvalue weighted by molar-refractivity contribution is 5.87. The lowest BCUT2D eigenvalue weighted by Crippen LogP contribution is -2.27. The number of nitriles is 1.